The molecule has 4 heteroatoms. The molecule has 3 rings (SSSR count). The minimum absolute atomic E-state index is 0.0493. The minimum Gasteiger partial charge on any atom is -0.497 e. The van der Waals surface area contributed by atoms with Gasteiger partial charge in [0.25, 0.3) is 0 Å². The van der Waals surface area contributed by atoms with E-state index in [0.717, 1.165) is 28.0 Å². The predicted octanol–water partition coefficient (Wildman–Crippen LogP) is 3.36. The number of aromatic amines is 1. The van der Waals surface area contributed by atoms with Crippen molar-refractivity contribution in [2.45, 2.75) is 6.42 Å². The Morgan fingerprint density at radius 3 is 2.62 bits per heavy atom. The first-order valence-corrected chi connectivity index (χ1v) is 6.75. The van der Waals surface area contributed by atoms with Crippen molar-refractivity contribution in [3.63, 3.8) is 0 Å². The van der Waals surface area contributed by atoms with Crippen molar-refractivity contribution in [2.75, 3.05) is 12.4 Å². The second-order valence-electron chi connectivity index (χ2n) is 4.84. The van der Waals surface area contributed by atoms with E-state index in [-0.39, 0.29) is 5.91 Å². The second-order valence-corrected chi connectivity index (χ2v) is 4.84. The van der Waals surface area contributed by atoms with Gasteiger partial charge in [0.2, 0.25) is 5.91 Å². The lowest BCUT2D eigenvalue weighted by molar-refractivity contribution is -0.115. The van der Waals surface area contributed by atoms with Crippen molar-refractivity contribution in [2.24, 2.45) is 0 Å². The molecule has 1 heterocycles. The van der Waals surface area contributed by atoms with Crippen LogP contribution in [0.15, 0.2) is 54.6 Å². The van der Waals surface area contributed by atoms with Crippen LogP contribution in [0.3, 0.4) is 0 Å². The summed E-state index contributed by atoms with van der Waals surface area (Å²) >= 11 is 0. The summed E-state index contributed by atoms with van der Waals surface area (Å²) in [6.45, 7) is 0. The van der Waals surface area contributed by atoms with E-state index in [9.17, 15) is 4.79 Å². The third-order valence-electron chi connectivity index (χ3n) is 3.33. The molecule has 0 aliphatic rings. The van der Waals surface area contributed by atoms with E-state index in [1.165, 1.54) is 0 Å². The molecule has 0 fully saturated rings. The van der Waals surface area contributed by atoms with Gasteiger partial charge in [-0.05, 0) is 29.8 Å². The van der Waals surface area contributed by atoms with Gasteiger partial charge in [0.15, 0.2) is 0 Å². The summed E-state index contributed by atoms with van der Waals surface area (Å²) in [7, 11) is 1.62. The third kappa shape index (κ3) is 3.05. The number of H-pyrrole nitrogens is 1. The van der Waals surface area contributed by atoms with Gasteiger partial charge in [0.05, 0.1) is 13.5 Å². The smallest absolute Gasteiger partial charge is 0.229 e. The van der Waals surface area contributed by atoms with E-state index in [4.69, 9.17) is 4.74 Å². The summed E-state index contributed by atoms with van der Waals surface area (Å²) in [5, 5.41) is 3.96. The number of carbonyl (C=O) groups excluding carboxylic acids is 1. The number of nitrogens with one attached hydrogen (secondary N) is 2. The lowest BCUT2D eigenvalue weighted by Crippen LogP contribution is -2.14. The second kappa shape index (κ2) is 5.71. The fraction of sp³-hybridized carbons (Fsp3) is 0.118. The molecular weight excluding hydrogens is 264 g/mol. The molecule has 1 aromatic heterocycles. The zero-order valence-electron chi connectivity index (χ0n) is 11.7. The summed E-state index contributed by atoms with van der Waals surface area (Å²) in [6.07, 6.45) is 0.333. The molecule has 0 aliphatic heterocycles. The molecule has 0 spiro atoms. The molecular formula is C17H16N2O2. The highest BCUT2D eigenvalue weighted by atomic mass is 16.5. The van der Waals surface area contributed by atoms with Crippen LogP contribution in [0.2, 0.25) is 0 Å². The molecule has 1 amide bonds. The van der Waals surface area contributed by atoms with Gasteiger partial charge in [0.1, 0.15) is 11.6 Å². The summed E-state index contributed by atoms with van der Waals surface area (Å²) in [5.74, 6) is 1.45. The van der Waals surface area contributed by atoms with Gasteiger partial charge in [-0.25, -0.2) is 0 Å². The minimum atomic E-state index is -0.0493. The maximum absolute atomic E-state index is 12.1. The average molecular weight is 280 g/mol. The largest absolute Gasteiger partial charge is 0.497 e. The summed E-state index contributed by atoms with van der Waals surface area (Å²) < 4.78 is 5.10. The lowest BCUT2D eigenvalue weighted by atomic mass is 10.1. The summed E-state index contributed by atoms with van der Waals surface area (Å²) in [5.41, 5.74) is 1.96. The van der Waals surface area contributed by atoms with Crippen LogP contribution >= 0.6 is 0 Å². The number of para-hydroxylation sites is 1. The number of methoxy groups -OCH3 is 1. The van der Waals surface area contributed by atoms with Crippen molar-refractivity contribution in [3.05, 3.63) is 60.2 Å². The maximum atomic E-state index is 12.1. The van der Waals surface area contributed by atoms with Gasteiger partial charge in [-0.15, -0.1) is 0 Å². The van der Waals surface area contributed by atoms with Gasteiger partial charge in [-0.3, -0.25) is 4.79 Å². The van der Waals surface area contributed by atoms with E-state index in [1.54, 1.807) is 7.11 Å². The first-order chi connectivity index (χ1) is 10.2. The van der Waals surface area contributed by atoms with Crippen LogP contribution in [0.1, 0.15) is 5.56 Å². The van der Waals surface area contributed by atoms with Crippen LogP contribution in [0.25, 0.3) is 10.9 Å². The quantitative estimate of drug-likeness (QED) is 0.770. The Hall–Kier alpha value is -2.75. The zero-order valence-corrected chi connectivity index (χ0v) is 11.7. The highest BCUT2D eigenvalue weighted by Crippen LogP contribution is 2.18. The monoisotopic (exact) mass is 280 g/mol. The van der Waals surface area contributed by atoms with Crippen LogP contribution in [0, 0.1) is 0 Å². The molecule has 0 atom stereocenters. The van der Waals surface area contributed by atoms with E-state index in [2.05, 4.69) is 10.3 Å². The van der Waals surface area contributed by atoms with Gasteiger partial charge in [-0.1, -0.05) is 30.3 Å². The molecule has 0 unspecified atom stereocenters. The van der Waals surface area contributed by atoms with Crippen LogP contribution in [0.4, 0.5) is 5.82 Å². The van der Waals surface area contributed by atoms with Crippen LogP contribution in [-0.2, 0) is 11.2 Å². The number of hydrogen-bond acceptors (Lipinski definition) is 2. The summed E-state index contributed by atoms with van der Waals surface area (Å²) in [4.78, 5) is 15.2. The Kier molecular flexibility index (Phi) is 3.60. The molecule has 4 nitrogen and oxygen atoms in total. The standard InChI is InChI=1S/C17H16N2O2/c1-21-14-8-6-12(7-9-14)10-17(20)19-16-11-13-4-2-3-5-15(13)18-16/h2-9,11,18H,10H2,1H3,(H,19,20). The van der Waals surface area contributed by atoms with Crippen LogP contribution in [-0.4, -0.2) is 18.0 Å². The van der Waals surface area contributed by atoms with E-state index in [0.29, 0.717) is 6.42 Å². The van der Waals surface area contributed by atoms with Crippen LogP contribution < -0.4 is 10.1 Å². The maximum Gasteiger partial charge on any atom is 0.229 e. The Labute approximate surface area is 122 Å². The molecule has 21 heavy (non-hydrogen) atoms. The van der Waals surface area contributed by atoms with Gasteiger partial charge < -0.3 is 15.0 Å². The number of carbonyl (C=O) groups is 1. The molecule has 106 valence electrons. The van der Waals surface area contributed by atoms with Crippen molar-refractivity contribution < 1.29 is 9.53 Å². The zero-order chi connectivity index (χ0) is 14.7. The fourth-order valence-electron chi connectivity index (χ4n) is 2.26. The Morgan fingerprint density at radius 1 is 1.14 bits per heavy atom. The number of rotatable bonds is 4. The Balaban J connectivity index is 1.67. The molecule has 0 saturated heterocycles. The summed E-state index contributed by atoms with van der Waals surface area (Å²) in [6, 6.07) is 17.3. The predicted molar refractivity (Wildman–Crippen MR) is 83.6 cm³/mol. The number of amides is 1. The first kappa shape index (κ1) is 13.2. The van der Waals surface area contributed by atoms with Gasteiger partial charge in [0, 0.05) is 10.9 Å². The number of anilines is 1. The van der Waals surface area contributed by atoms with Crippen molar-refractivity contribution in [3.8, 4) is 5.75 Å². The van der Waals surface area contributed by atoms with Crippen LogP contribution in [0.5, 0.6) is 5.75 Å². The molecule has 0 aliphatic carbocycles. The van der Waals surface area contributed by atoms with Crippen molar-refractivity contribution in [1.29, 1.82) is 0 Å². The Bertz CT molecular complexity index is 727. The SMILES string of the molecule is COc1ccc(CC(=O)Nc2cc3ccccc3[nH]2)cc1. The first-order valence-electron chi connectivity index (χ1n) is 6.75. The van der Waals surface area contributed by atoms with Crippen molar-refractivity contribution in [1.82, 2.24) is 4.98 Å². The van der Waals surface area contributed by atoms with E-state index >= 15 is 0 Å². The highest BCUT2D eigenvalue weighted by molar-refractivity contribution is 5.94. The molecule has 2 N–H and O–H groups in total. The topological polar surface area (TPSA) is 54.1 Å². The average Bonchev–Trinajstić information content (AvgIpc) is 2.90. The van der Waals surface area contributed by atoms with Gasteiger partial charge in [-0.2, -0.15) is 0 Å². The van der Waals surface area contributed by atoms with Crippen molar-refractivity contribution >= 4 is 22.6 Å². The molecule has 2 aromatic carbocycles. The highest BCUT2D eigenvalue weighted by Gasteiger charge is 2.06. The molecule has 0 saturated carbocycles. The number of aromatic nitrogens is 1. The van der Waals surface area contributed by atoms with E-state index in [1.807, 2.05) is 54.6 Å². The number of hydrogen-bond donors (Lipinski definition) is 2. The molecule has 3 aromatic rings. The fourth-order valence-corrected chi connectivity index (χ4v) is 2.26. The number of benzene rings is 2. The number of ether oxygens (including phenoxy) is 1. The molecule has 0 radical (unpaired) electrons. The molecule has 0 bridgehead atoms. The third-order valence-corrected chi connectivity index (χ3v) is 3.33. The Morgan fingerprint density at radius 2 is 1.90 bits per heavy atom. The van der Waals surface area contributed by atoms with Gasteiger partial charge >= 0.3 is 0 Å². The lowest BCUT2D eigenvalue weighted by Gasteiger charge is -2.04. The number of fused-ring (bicyclic) bond motifs is 1. The van der Waals surface area contributed by atoms with E-state index < -0.39 is 0 Å². The normalized spacial score (nSPS) is 10.5.